The summed E-state index contributed by atoms with van der Waals surface area (Å²) in [5, 5.41) is 14.7. The van der Waals surface area contributed by atoms with E-state index in [1.54, 1.807) is 4.68 Å². The van der Waals surface area contributed by atoms with Gasteiger partial charge in [0.25, 0.3) is 0 Å². The number of rotatable bonds is 4. The van der Waals surface area contributed by atoms with Crippen LogP contribution in [0.4, 0.5) is 5.82 Å². The first-order valence-corrected chi connectivity index (χ1v) is 7.13. The molecule has 7 heteroatoms. The van der Waals surface area contributed by atoms with Gasteiger partial charge in [-0.1, -0.05) is 6.07 Å². The van der Waals surface area contributed by atoms with Gasteiger partial charge in [0.05, 0.1) is 18.7 Å². The maximum absolute atomic E-state index is 10.7. The van der Waals surface area contributed by atoms with E-state index < -0.39 is 5.97 Å². The predicted octanol–water partition coefficient (Wildman–Crippen LogP) is -2.85. The molecule has 6 nitrogen and oxygen atoms in total. The Kier molecular flexibility index (Phi) is 3.98. The molecule has 1 saturated heterocycles. The summed E-state index contributed by atoms with van der Waals surface area (Å²) in [4.78, 5) is 17.6. The smallest absolute Gasteiger partial charge is 0.545 e. The molecule has 1 saturated carbocycles. The number of carboxylic acids is 1. The Labute approximate surface area is 140 Å². The van der Waals surface area contributed by atoms with E-state index in [2.05, 4.69) is 15.0 Å². The molecular formula is C15H15LiN4O2. The van der Waals surface area contributed by atoms with Crippen LogP contribution >= 0.6 is 0 Å². The van der Waals surface area contributed by atoms with Crippen molar-refractivity contribution in [3.8, 4) is 0 Å². The van der Waals surface area contributed by atoms with Crippen LogP contribution in [0, 0.1) is 11.8 Å². The Morgan fingerprint density at radius 3 is 2.64 bits per heavy atom. The molecule has 0 radical (unpaired) electrons. The second-order valence-corrected chi connectivity index (χ2v) is 5.90. The summed E-state index contributed by atoms with van der Waals surface area (Å²) in [6.45, 7) is 2.77. The average Bonchev–Trinajstić information content (AvgIpc) is 2.90. The topological polar surface area (TPSA) is 74.1 Å². The van der Waals surface area contributed by atoms with Crippen LogP contribution in [0.15, 0.2) is 30.7 Å². The molecule has 0 bridgehead atoms. The van der Waals surface area contributed by atoms with E-state index in [0.717, 1.165) is 36.3 Å². The molecule has 2 aromatic heterocycles. The zero-order valence-corrected chi connectivity index (χ0v) is 12.5. The number of anilines is 1. The Morgan fingerprint density at radius 1 is 1.27 bits per heavy atom. The maximum atomic E-state index is 10.7. The molecule has 22 heavy (non-hydrogen) atoms. The first kappa shape index (κ1) is 15.1. The third-order valence-electron chi connectivity index (χ3n) is 4.33. The second kappa shape index (κ2) is 5.79. The molecule has 0 aromatic carbocycles. The average molecular weight is 290 g/mol. The van der Waals surface area contributed by atoms with Gasteiger partial charge in [-0.2, -0.15) is 5.10 Å². The molecule has 2 aromatic rings. The second-order valence-electron chi connectivity index (χ2n) is 5.90. The van der Waals surface area contributed by atoms with E-state index in [1.807, 2.05) is 18.3 Å². The first-order chi connectivity index (χ1) is 10.2. The Hall–Kier alpha value is -1.77. The number of nitrogens with zero attached hydrogens (tertiary/aromatic N) is 4. The standard InChI is InChI=1S/C15H16N4O2.Li/c20-15(21)13-5-17-19(9-13)6-10-1-2-14(16-4-10)18-7-11-3-12(11)8-18;/h1-2,4-5,9,11-12H,3,6-8H2,(H,20,21);/q;+1/p-1. The minimum absolute atomic E-state index is 0. The molecule has 0 amide bonds. The van der Waals surface area contributed by atoms with E-state index in [-0.39, 0.29) is 24.4 Å². The Balaban J connectivity index is 0.00000144. The van der Waals surface area contributed by atoms with Crippen molar-refractivity contribution in [1.29, 1.82) is 0 Å². The van der Waals surface area contributed by atoms with Crippen LogP contribution in [0.1, 0.15) is 22.3 Å². The first-order valence-electron chi connectivity index (χ1n) is 7.13. The fourth-order valence-electron chi connectivity index (χ4n) is 3.03. The number of hydrogen-bond acceptors (Lipinski definition) is 5. The van der Waals surface area contributed by atoms with Gasteiger partial charge >= 0.3 is 18.9 Å². The Bertz CT molecular complexity index is 675. The molecular weight excluding hydrogens is 275 g/mol. The molecule has 3 heterocycles. The SMILES string of the molecule is O=C([O-])c1cnn(Cc2ccc(N3CC4CC4C3)nc2)c1.[Li+]. The van der Waals surface area contributed by atoms with Crippen molar-refractivity contribution in [3.05, 3.63) is 41.9 Å². The van der Waals surface area contributed by atoms with Crippen LogP contribution in [-0.2, 0) is 6.54 Å². The van der Waals surface area contributed by atoms with E-state index in [1.165, 1.54) is 18.8 Å². The van der Waals surface area contributed by atoms with E-state index in [4.69, 9.17) is 0 Å². The van der Waals surface area contributed by atoms with Crippen molar-refractivity contribution in [2.24, 2.45) is 11.8 Å². The van der Waals surface area contributed by atoms with Gasteiger partial charge in [0.2, 0.25) is 0 Å². The third-order valence-corrected chi connectivity index (χ3v) is 4.33. The van der Waals surface area contributed by atoms with Crippen LogP contribution in [0.25, 0.3) is 0 Å². The van der Waals surface area contributed by atoms with Crippen molar-refractivity contribution in [2.45, 2.75) is 13.0 Å². The van der Waals surface area contributed by atoms with Crippen LogP contribution in [-0.4, -0.2) is 33.8 Å². The molecule has 2 fully saturated rings. The van der Waals surface area contributed by atoms with Crippen LogP contribution < -0.4 is 28.9 Å². The summed E-state index contributed by atoms with van der Waals surface area (Å²) >= 11 is 0. The molecule has 1 aliphatic heterocycles. The summed E-state index contributed by atoms with van der Waals surface area (Å²) in [7, 11) is 0. The summed E-state index contributed by atoms with van der Waals surface area (Å²) < 4.78 is 1.58. The van der Waals surface area contributed by atoms with Gasteiger partial charge < -0.3 is 14.8 Å². The van der Waals surface area contributed by atoms with Crippen molar-refractivity contribution < 1.29 is 28.8 Å². The maximum Gasteiger partial charge on any atom is 1.00 e. The van der Waals surface area contributed by atoms with Gasteiger partial charge in [-0.05, 0) is 29.9 Å². The van der Waals surface area contributed by atoms with Crippen LogP contribution in [0.5, 0.6) is 0 Å². The molecule has 1 aliphatic carbocycles. The molecule has 0 N–H and O–H groups in total. The van der Waals surface area contributed by atoms with E-state index in [0.29, 0.717) is 6.54 Å². The normalized spacial score (nSPS) is 22.1. The molecule has 2 aliphatic rings. The number of piperidine rings is 1. The molecule has 2 atom stereocenters. The minimum atomic E-state index is -1.21. The number of carboxylic acid groups (broad SMARTS) is 1. The summed E-state index contributed by atoms with van der Waals surface area (Å²) in [6.07, 6.45) is 5.99. The summed E-state index contributed by atoms with van der Waals surface area (Å²) in [5.74, 6) is 1.60. The van der Waals surface area contributed by atoms with Gasteiger partial charge in [0.1, 0.15) is 5.82 Å². The Morgan fingerprint density at radius 2 is 2.05 bits per heavy atom. The molecule has 2 unspecified atom stereocenters. The number of fused-ring (bicyclic) bond motifs is 1. The van der Waals surface area contributed by atoms with Crippen molar-refractivity contribution in [2.75, 3.05) is 18.0 Å². The molecule has 0 spiro atoms. The van der Waals surface area contributed by atoms with Crippen molar-refractivity contribution >= 4 is 11.8 Å². The zero-order valence-electron chi connectivity index (χ0n) is 12.5. The van der Waals surface area contributed by atoms with E-state index >= 15 is 0 Å². The number of carbonyl (C=O) groups excluding carboxylic acids is 1. The van der Waals surface area contributed by atoms with Gasteiger partial charge in [-0.25, -0.2) is 4.98 Å². The van der Waals surface area contributed by atoms with E-state index in [9.17, 15) is 9.90 Å². The fourth-order valence-corrected chi connectivity index (χ4v) is 3.03. The monoisotopic (exact) mass is 290 g/mol. The van der Waals surface area contributed by atoms with Gasteiger partial charge in [0, 0.05) is 31.0 Å². The van der Waals surface area contributed by atoms with Gasteiger partial charge in [0.15, 0.2) is 0 Å². The van der Waals surface area contributed by atoms with Crippen LogP contribution in [0.3, 0.4) is 0 Å². The van der Waals surface area contributed by atoms with Crippen LogP contribution in [0.2, 0.25) is 0 Å². The fraction of sp³-hybridized carbons (Fsp3) is 0.400. The van der Waals surface area contributed by atoms with Crippen molar-refractivity contribution in [3.63, 3.8) is 0 Å². The number of carbonyl (C=O) groups is 1. The minimum Gasteiger partial charge on any atom is -0.545 e. The largest absolute Gasteiger partial charge is 1.00 e. The predicted molar refractivity (Wildman–Crippen MR) is 73.7 cm³/mol. The van der Waals surface area contributed by atoms with Crippen molar-refractivity contribution in [1.82, 2.24) is 14.8 Å². The molecule has 108 valence electrons. The number of hydrogen-bond donors (Lipinski definition) is 0. The van der Waals surface area contributed by atoms with Gasteiger partial charge in [-0.3, -0.25) is 4.68 Å². The zero-order chi connectivity index (χ0) is 14.4. The summed E-state index contributed by atoms with van der Waals surface area (Å²) in [6, 6.07) is 4.05. The van der Waals surface area contributed by atoms with Gasteiger partial charge in [-0.15, -0.1) is 0 Å². The summed E-state index contributed by atoms with van der Waals surface area (Å²) in [5.41, 5.74) is 1.09. The molecule has 4 rings (SSSR count). The number of aromatic nitrogens is 3. The third kappa shape index (κ3) is 2.89. The number of aromatic carboxylic acids is 1. The quantitative estimate of drug-likeness (QED) is 0.567. The number of pyridine rings is 1.